The summed E-state index contributed by atoms with van der Waals surface area (Å²) in [6.45, 7) is 6.60. The monoisotopic (exact) mass is 371 g/mol. The molecule has 6 nitrogen and oxygen atoms in total. The highest BCUT2D eigenvalue weighted by atomic mass is 19.1. The van der Waals surface area contributed by atoms with Crippen molar-refractivity contribution in [1.82, 2.24) is 25.2 Å². The van der Waals surface area contributed by atoms with E-state index in [9.17, 15) is 9.18 Å². The molecule has 0 spiro atoms. The Morgan fingerprint density at radius 1 is 1.26 bits per heavy atom. The van der Waals surface area contributed by atoms with Crippen LogP contribution in [0.3, 0.4) is 0 Å². The lowest BCUT2D eigenvalue weighted by molar-refractivity contribution is 0.0713. The van der Waals surface area contributed by atoms with Crippen molar-refractivity contribution < 1.29 is 9.18 Å². The van der Waals surface area contributed by atoms with Crippen molar-refractivity contribution in [2.75, 3.05) is 19.6 Å². The second-order valence-corrected chi connectivity index (χ2v) is 7.71. The molecule has 0 aliphatic carbocycles. The van der Waals surface area contributed by atoms with Gasteiger partial charge in [-0.25, -0.2) is 9.07 Å². The van der Waals surface area contributed by atoms with Gasteiger partial charge in [0.05, 0.1) is 17.8 Å². The number of hydrogen-bond donors (Lipinski definition) is 1. The van der Waals surface area contributed by atoms with Gasteiger partial charge < -0.3 is 10.2 Å². The first-order chi connectivity index (χ1) is 13.1. The van der Waals surface area contributed by atoms with Gasteiger partial charge in [-0.2, -0.15) is 0 Å². The fraction of sp³-hybridized carbons (Fsp3) is 0.550. The van der Waals surface area contributed by atoms with Gasteiger partial charge in [-0.15, -0.1) is 5.10 Å². The molecule has 27 heavy (non-hydrogen) atoms. The summed E-state index contributed by atoms with van der Waals surface area (Å²) in [5.74, 6) is -0.103. The second kappa shape index (κ2) is 7.38. The van der Waals surface area contributed by atoms with E-state index in [4.69, 9.17) is 0 Å². The van der Waals surface area contributed by atoms with Crippen LogP contribution in [0.1, 0.15) is 60.0 Å². The van der Waals surface area contributed by atoms with Crippen LogP contribution in [0.2, 0.25) is 0 Å². The van der Waals surface area contributed by atoms with E-state index in [0.717, 1.165) is 43.6 Å². The molecule has 144 valence electrons. The second-order valence-electron chi connectivity index (χ2n) is 7.71. The molecule has 2 aliphatic heterocycles. The maximum Gasteiger partial charge on any atom is 0.276 e. The Labute approximate surface area is 158 Å². The van der Waals surface area contributed by atoms with Crippen molar-refractivity contribution >= 4 is 5.91 Å². The molecule has 2 unspecified atom stereocenters. The summed E-state index contributed by atoms with van der Waals surface area (Å²) in [5.41, 5.74) is 2.09. The maximum atomic E-state index is 13.7. The molecule has 4 rings (SSSR count). The van der Waals surface area contributed by atoms with E-state index in [0.29, 0.717) is 12.2 Å². The van der Waals surface area contributed by atoms with Crippen LogP contribution < -0.4 is 5.32 Å². The summed E-state index contributed by atoms with van der Waals surface area (Å²) in [4.78, 5) is 15.1. The Bertz CT molecular complexity index is 830. The van der Waals surface area contributed by atoms with Crippen LogP contribution in [0.5, 0.6) is 0 Å². The van der Waals surface area contributed by atoms with Crippen molar-refractivity contribution in [3.63, 3.8) is 0 Å². The van der Waals surface area contributed by atoms with Crippen LogP contribution in [0, 0.1) is 18.7 Å². The number of aromatic nitrogens is 3. The van der Waals surface area contributed by atoms with Gasteiger partial charge in [0, 0.05) is 6.54 Å². The number of amides is 1. The number of carbonyl (C=O) groups excluding carboxylic acids is 1. The summed E-state index contributed by atoms with van der Waals surface area (Å²) in [6.07, 6.45) is 2.88. The maximum absolute atomic E-state index is 13.7. The van der Waals surface area contributed by atoms with Gasteiger partial charge in [0.2, 0.25) is 0 Å². The first-order valence-electron chi connectivity index (χ1n) is 9.75. The van der Waals surface area contributed by atoms with Crippen LogP contribution in [-0.4, -0.2) is 45.4 Å². The zero-order chi connectivity index (χ0) is 19.0. The molecule has 2 aliphatic rings. The average molecular weight is 371 g/mol. The van der Waals surface area contributed by atoms with E-state index >= 15 is 0 Å². The number of nitrogens with one attached hydrogen (secondary N) is 1. The van der Waals surface area contributed by atoms with Gasteiger partial charge in [0.15, 0.2) is 5.69 Å². The van der Waals surface area contributed by atoms with Crippen LogP contribution in [0.15, 0.2) is 24.3 Å². The third-order valence-corrected chi connectivity index (χ3v) is 5.94. The van der Waals surface area contributed by atoms with Gasteiger partial charge in [-0.3, -0.25) is 4.79 Å². The average Bonchev–Trinajstić information content (AvgIpc) is 3.25. The van der Waals surface area contributed by atoms with E-state index < -0.39 is 0 Å². The molecular weight excluding hydrogens is 345 g/mol. The number of carbonyl (C=O) groups is 1. The number of likely N-dealkylation sites (tertiary alicyclic amines) is 1. The molecule has 1 N–H and O–H groups in total. The van der Waals surface area contributed by atoms with Gasteiger partial charge in [0.25, 0.3) is 5.91 Å². The van der Waals surface area contributed by atoms with E-state index in [1.54, 1.807) is 6.07 Å². The molecule has 2 fully saturated rings. The molecule has 2 aromatic rings. The lowest BCUT2D eigenvalue weighted by atomic mass is 9.95. The largest absolute Gasteiger partial charge is 0.330 e. The molecule has 0 saturated carbocycles. The minimum Gasteiger partial charge on any atom is -0.330 e. The van der Waals surface area contributed by atoms with Gasteiger partial charge in [-0.1, -0.05) is 24.3 Å². The summed E-state index contributed by atoms with van der Waals surface area (Å²) in [7, 11) is 0. The molecule has 0 radical (unpaired) electrons. The number of hydrogen-bond acceptors (Lipinski definition) is 4. The number of nitrogens with zero attached hydrogens (tertiary/aromatic N) is 4. The molecular formula is C20H26FN5O. The highest BCUT2D eigenvalue weighted by Gasteiger charge is 2.38. The summed E-state index contributed by atoms with van der Waals surface area (Å²) >= 11 is 0. The third kappa shape index (κ3) is 3.36. The number of halogens is 1. The normalized spacial score (nSPS) is 23.7. The number of piperidine rings is 1. The predicted molar refractivity (Wildman–Crippen MR) is 99.9 cm³/mol. The quantitative estimate of drug-likeness (QED) is 0.901. The third-order valence-electron chi connectivity index (χ3n) is 5.94. The van der Waals surface area contributed by atoms with Gasteiger partial charge in [-0.05, 0) is 62.9 Å². The summed E-state index contributed by atoms with van der Waals surface area (Å²) in [5, 5.41) is 11.9. The lowest BCUT2D eigenvalue weighted by Gasteiger charge is -2.27. The number of rotatable bonds is 3. The zero-order valence-corrected chi connectivity index (χ0v) is 15.9. The Balaban J connectivity index is 1.61. The van der Waals surface area contributed by atoms with Crippen LogP contribution in [0.4, 0.5) is 4.39 Å². The molecule has 0 bridgehead atoms. The fourth-order valence-corrected chi connectivity index (χ4v) is 4.45. The highest BCUT2D eigenvalue weighted by Crippen LogP contribution is 2.38. The molecule has 7 heteroatoms. The van der Waals surface area contributed by atoms with E-state index in [1.165, 1.54) is 12.1 Å². The van der Waals surface area contributed by atoms with Crippen molar-refractivity contribution in [2.24, 2.45) is 5.92 Å². The first-order valence-corrected chi connectivity index (χ1v) is 9.75. The molecule has 1 aromatic carbocycles. The molecule has 3 heterocycles. The Morgan fingerprint density at radius 3 is 2.78 bits per heavy atom. The summed E-state index contributed by atoms with van der Waals surface area (Å²) in [6, 6.07) is 6.73. The van der Waals surface area contributed by atoms with E-state index in [2.05, 4.69) is 22.6 Å². The van der Waals surface area contributed by atoms with E-state index in [1.807, 2.05) is 22.6 Å². The molecule has 1 aromatic heterocycles. The first kappa shape index (κ1) is 18.1. The molecule has 2 saturated heterocycles. The minimum absolute atomic E-state index is 0.105. The van der Waals surface area contributed by atoms with Gasteiger partial charge >= 0.3 is 0 Å². The van der Waals surface area contributed by atoms with Crippen LogP contribution in [-0.2, 0) is 0 Å². The van der Waals surface area contributed by atoms with Crippen molar-refractivity contribution in [3.05, 3.63) is 47.0 Å². The van der Waals surface area contributed by atoms with Crippen molar-refractivity contribution in [1.29, 1.82) is 0 Å². The fourth-order valence-electron chi connectivity index (χ4n) is 4.45. The Morgan fingerprint density at radius 2 is 2.04 bits per heavy atom. The van der Waals surface area contributed by atoms with Crippen molar-refractivity contribution in [3.8, 4) is 0 Å². The summed E-state index contributed by atoms with van der Waals surface area (Å²) < 4.78 is 15.6. The molecule has 1 amide bonds. The van der Waals surface area contributed by atoms with Crippen molar-refractivity contribution in [2.45, 2.75) is 45.2 Å². The minimum atomic E-state index is -0.271. The number of benzene rings is 1. The Kier molecular flexibility index (Phi) is 4.95. The topological polar surface area (TPSA) is 63.1 Å². The van der Waals surface area contributed by atoms with E-state index in [-0.39, 0.29) is 29.7 Å². The van der Waals surface area contributed by atoms with Crippen LogP contribution in [0.25, 0.3) is 0 Å². The standard InChI is InChI=1S/C20H26FN5O/c1-13-8-11-25(19(13)15-4-3-5-16(21)12-15)20(27)18-14(2)26(24-23-18)17-6-9-22-10-7-17/h3-5,12-13,17,19,22H,6-11H2,1-2H3. The smallest absolute Gasteiger partial charge is 0.276 e. The molecule has 2 atom stereocenters. The highest BCUT2D eigenvalue weighted by molar-refractivity contribution is 5.93. The van der Waals surface area contributed by atoms with Gasteiger partial charge in [0.1, 0.15) is 5.82 Å². The lowest BCUT2D eigenvalue weighted by Crippen LogP contribution is -2.33. The Hall–Kier alpha value is -2.28. The van der Waals surface area contributed by atoms with Crippen LogP contribution >= 0.6 is 0 Å². The zero-order valence-electron chi connectivity index (χ0n) is 15.9. The predicted octanol–water partition coefficient (Wildman–Crippen LogP) is 2.87. The SMILES string of the molecule is Cc1c(C(=O)N2CCC(C)C2c2cccc(F)c2)nnn1C1CCNCC1.